The summed E-state index contributed by atoms with van der Waals surface area (Å²) in [7, 11) is 0. The van der Waals surface area contributed by atoms with Crippen molar-refractivity contribution < 1.29 is 0 Å². The van der Waals surface area contributed by atoms with Gasteiger partial charge in [0.15, 0.2) is 5.82 Å². The fourth-order valence-electron chi connectivity index (χ4n) is 3.36. The lowest BCUT2D eigenvalue weighted by atomic mass is 9.89. The van der Waals surface area contributed by atoms with Crippen LogP contribution in [-0.4, -0.2) is 9.97 Å². The van der Waals surface area contributed by atoms with Gasteiger partial charge in [-0.1, -0.05) is 30.7 Å². The van der Waals surface area contributed by atoms with E-state index in [1.807, 2.05) is 12.1 Å². The maximum Gasteiger partial charge on any atom is 0.260 e. The van der Waals surface area contributed by atoms with Crippen molar-refractivity contribution in [3.63, 3.8) is 0 Å². The van der Waals surface area contributed by atoms with Gasteiger partial charge < -0.3 is 4.98 Å². The molecule has 0 saturated heterocycles. The van der Waals surface area contributed by atoms with Crippen LogP contribution in [0.4, 0.5) is 0 Å². The highest BCUT2D eigenvalue weighted by atomic mass is 35.5. The minimum absolute atomic E-state index is 0.158. The van der Waals surface area contributed by atoms with Gasteiger partial charge in [0, 0.05) is 9.90 Å². The summed E-state index contributed by atoms with van der Waals surface area (Å²) < 4.78 is 0. The highest BCUT2D eigenvalue weighted by molar-refractivity contribution is 7.18. The molecule has 2 aromatic heterocycles. The number of nitrogens with one attached hydrogen (secondary N) is 1. The molecule has 1 aromatic carbocycles. The van der Waals surface area contributed by atoms with Crippen LogP contribution in [0.1, 0.15) is 35.2 Å². The number of rotatable bonds is 2. The summed E-state index contributed by atoms with van der Waals surface area (Å²) in [6, 6.07) is 9.30. The van der Waals surface area contributed by atoms with Crippen molar-refractivity contribution in [2.24, 2.45) is 5.92 Å². The third kappa shape index (κ3) is 3.07. The zero-order valence-electron chi connectivity index (χ0n) is 14.2. The molecule has 130 valence electrons. The van der Waals surface area contributed by atoms with Crippen LogP contribution in [0.2, 0.25) is 5.02 Å². The normalized spacial score (nSPS) is 17.1. The summed E-state index contributed by atoms with van der Waals surface area (Å²) in [4.78, 5) is 22.1. The first-order valence-electron chi connectivity index (χ1n) is 8.47. The fraction of sp³-hybridized carbons (Fsp3) is 0.250. The molecule has 0 aliphatic heterocycles. The van der Waals surface area contributed by atoms with E-state index in [2.05, 4.69) is 23.0 Å². The average Bonchev–Trinajstić information content (AvgIpc) is 2.98. The number of aromatic nitrogens is 2. The number of nitrogens with zero attached hydrogens (tertiary/aromatic N) is 2. The van der Waals surface area contributed by atoms with Crippen LogP contribution in [0.5, 0.6) is 0 Å². The third-order valence-corrected chi connectivity index (χ3v) is 6.12. The Morgan fingerprint density at radius 1 is 1.42 bits per heavy atom. The number of thiophene rings is 1. The third-order valence-electron chi connectivity index (χ3n) is 4.72. The second-order valence-corrected chi connectivity index (χ2v) is 8.19. The molecule has 1 aliphatic rings. The molecule has 1 aliphatic carbocycles. The highest BCUT2D eigenvalue weighted by Gasteiger charge is 2.23. The van der Waals surface area contributed by atoms with Gasteiger partial charge in [-0.3, -0.25) is 4.79 Å². The minimum atomic E-state index is -0.158. The summed E-state index contributed by atoms with van der Waals surface area (Å²) in [5.74, 6) is 0.945. The first-order valence-corrected chi connectivity index (χ1v) is 9.67. The van der Waals surface area contributed by atoms with Crippen molar-refractivity contribution in [3.05, 3.63) is 61.5 Å². The molecule has 0 amide bonds. The van der Waals surface area contributed by atoms with Crippen molar-refractivity contribution in [1.29, 1.82) is 5.26 Å². The van der Waals surface area contributed by atoms with Crippen molar-refractivity contribution in [3.8, 4) is 6.07 Å². The molecule has 0 bridgehead atoms. The van der Waals surface area contributed by atoms with Crippen LogP contribution in [0.25, 0.3) is 21.9 Å². The molecule has 6 heteroatoms. The molecule has 3 aromatic rings. The van der Waals surface area contributed by atoms with Crippen LogP contribution in [-0.2, 0) is 12.8 Å². The Morgan fingerprint density at radius 3 is 2.92 bits per heavy atom. The second-order valence-electron chi connectivity index (χ2n) is 6.67. The Labute approximate surface area is 159 Å². The Bertz CT molecular complexity index is 1120. The molecule has 1 N–H and O–H groups in total. The maximum atomic E-state index is 12.7. The van der Waals surface area contributed by atoms with Gasteiger partial charge in [0.05, 0.1) is 11.0 Å². The van der Waals surface area contributed by atoms with E-state index >= 15 is 0 Å². The first kappa shape index (κ1) is 17.0. The van der Waals surface area contributed by atoms with E-state index in [1.165, 1.54) is 4.88 Å². The van der Waals surface area contributed by atoms with Crippen molar-refractivity contribution in [2.75, 3.05) is 0 Å². The van der Waals surface area contributed by atoms with E-state index in [0.717, 1.165) is 35.2 Å². The minimum Gasteiger partial charge on any atom is -0.305 e. The number of hydrogen-bond acceptors (Lipinski definition) is 4. The number of halogens is 1. The SMILES string of the molecule is C[C@@H]1CCc2c(sc3nc(/C(C#N)=C/c4ccc(Cl)cc4)[nH]c(=O)c23)C1. The van der Waals surface area contributed by atoms with E-state index in [0.29, 0.717) is 27.7 Å². The molecule has 4 rings (SSSR count). The van der Waals surface area contributed by atoms with Crippen molar-refractivity contribution in [1.82, 2.24) is 9.97 Å². The predicted octanol–water partition coefficient (Wildman–Crippen LogP) is 4.83. The molecule has 0 unspecified atom stereocenters. The van der Waals surface area contributed by atoms with Gasteiger partial charge in [-0.2, -0.15) is 5.26 Å². The Morgan fingerprint density at radius 2 is 2.19 bits per heavy atom. The van der Waals surface area contributed by atoms with Crippen molar-refractivity contribution >= 4 is 44.8 Å². The topological polar surface area (TPSA) is 69.5 Å². The van der Waals surface area contributed by atoms with Gasteiger partial charge in [-0.05, 0) is 54.5 Å². The highest BCUT2D eigenvalue weighted by Crippen LogP contribution is 2.35. The van der Waals surface area contributed by atoms with E-state index in [-0.39, 0.29) is 5.56 Å². The number of allylic oxidation sites excluding steroid dienone is 1. The number of benzene rings is 1. The van der Waals surface area contributed by atoms with Gasteiger partial charge >= 0.3 is 0 Å². The predicted molar refractivity (Wildman–Crippen MR) is 106 cm³/mol. The van der Waals surface area contributed by atoms with Crippen molar-refractivity contribution in [2.45, 2.75) is 26.2 Å². The standard InChI is InChI=1S/C20H16ClN3OS/c1-11-2-7-15-16(8-11)26-20-17(15)19(25)23-18(24-20)13(10-22)9-12-3-5-14(21)6-4-12/h3-6,9,11H,2,7-8H2,1H3,(H,23,24,25)/b13-9+/t11-/m1/s1. The molecule has 0 fully saturated rings. The second kappa shape index (κ2) is 6.71. The number of fused-ring (bicyclic) bond motifs is 3. The summed E-state index contributed by atoms with van der Waals surface area (Å²) in [6.07, 6.45) is 4.72. The molecular formula is C20H16ClN3OS. The van der Waals surface area contributed by atoms with Crippen LogP contribution in [0, 0.1) is 17.2 Å². The number of hydrogen-bond donors (Lipinski definition) is 1. The molecule has 0 spiro atoms. The molecule has 26 heavy (non-hydrogen) atoms. The van der Waals surface area contributed by atoms with E-state index in [1.54, 1.807) is 29.5 Å². The summed E-state index contributed by atoms with van der Waals surface area (Å²) in [5.41, 5.74) is 2.14. The van der Waals surface area contributed by atoms with Gasteiger partial charge in [-0.15, -0.1) is 11.3 Å². The monoisotopic (exact) mass is 381 g/mol. The molecule has 2 heterocycles. The average molecular weight is 382 g/mol. The molecule has 4 nitrogen and oxygen atoms in total. The molecule has 0 saturated carbocycles. The number of aryl methyl sites for hydroxylation is 1. The first-order chi connectivity index (χ1) is 12.5. The Balaban J connectivity index is 1.83. The fourth-order valence-corrected chi connectivity index (χ4v) is 4.87. The Kier molecular flexibility index (Phi) is 4.39. The Hall–Kier alpha value is -2.42. The largest absolute Gasteiger partial charge is 0.305 e. The lowest BCUT2D eigenvalue weighted by molar-refractivity contribution is 0.509. The summed E-state index contributed by atoms with van der Waals surface area (Å²) in [5, 5.41) is 10.9. The molecule has 1 atom stereocenters. The summed E-state index contributed by atoms with van der Waals surface area (Å²) >= 11 is 7.48. The molecular weight excluding hydrogens is 366 g/mol. The zero-order chi connectivity index (χ0) is 18.3. The summed E-state index contributed by atoms with van der Waals surface area (Å²) in [6.45, 7) is 2.24. The quantitative estimate of drug-likeness (QED) is 0.646. The number of nitriles is 1. The van der Waals surface area contributed by atoms with E-state index in [9.17, 15) is 10.1 Å². The van der Waals surface area contributed by atoms with E-state index < -0.39 is 0 Å². The number of H-pyrrole nitrogens is 1. The van der Waals surface area contributed by atoms with Gasteiger partial charge in [0.2, 0.25) is 0 Å². The van der Waals surface area contributed by atoms with E-state index in [4.69, 9.17) is 11.6 Å². The maximum absolute atomic E-state index is 12.7. The van der Waals surface area contributed by atoms with Crippen LogP contribution in [0.15, 0.2) is 29.1 Å². The number of aromatic amines is 1. The smallest absolute Gasteiger partial charge is 0.260 e. The zero-order valence-corrected chi connectivity index (χ0v) is 15.7. The van der Waals surface area contributed by atoms with Crippen LogP contribution < -0.4 is 5.56 Å². The lowest BCUT2D eigenvalue weighted by Crippen LogP contribution is -2.14. The van der Waals surface area contributed by atoms with Crippen LogP contribution >= 0.6 is 22.9 Å². The van der Waals surface area contributed by atoms with Crippen LogP contribution in [0.3, 0.4) is 0 Å². The molecule has 0 radical (unpaired) electrons. The van der Waals surface area contributed by atoms with Gasteiger partial charge in [0.25, 0.3) is 5.56 Å². The van der Waals surface area contributed by atoms with Gasteiger partial charge in [-0.25, -0.2) is 4.98 Å². The van der Waals surface area contributed by atoms with Gasteiger partial charge in [0.1, 0.15) is 10.9 Å². The lowest BCUT2D eigenvalue weighted by Gasteiger charge is -2.17.